The maximum Gasteiger partial charge on any atom is 0.149 e. The van der Waals surface area contributed by atoms with E-state index in [1.807, 2.05) is 38.1 Å². The monoisotopic (exact) mass is 275 g/mol. The average molecular weight is 275 g/mol. The highest BCUT2D eigenvalue weighted by Gasteiger charge is 2.13. The number of nitrogens with zero attached hydrogens (tertiary/aromatic N) is 2. The molecule has 1 atom stereocenters. The van der Waals surface area contributed by atoms with Crippen LogP contribution in [0, 0.1) is 18.7 Å². The molecule has 0 aliphatic carbocycles. The third-order valence-corrected chi connectivity index (χ3v) is 3.50. The third kappa shape index (κ3) is 2.90. The lowest BCUT2D eigenvalue weighted by molar-refractivity contribution is 0.586. The molecule has 0 fully saturated rings. The quantitative estimate of drug-likeness (QED) is 0.933. The highest BCUT2D eigenvalue weighted by Crippen LogP contribution is 2.29. The molecule has 1 aromatic heterocycles. The fourth-order valence-electron chi connectivity index (χ4n) is 2.42. The predicted octanol–water partition coefficient (Wildman–Crippen LogP) is 2.89. The van der Waals surface area contributed by atoms with Gasteiger partial charge < -0.3 is 10.6 Å². The zero-order chi connectivity index (χ0) is 14.9. The first-order chi connectivity index (χ1) is 9.42. The van der Waals surface area contributed by atoms with Gasteiger partial charge >= 0.3 is 0 Å². The highest BCUT2D eigenvalue weighted by atomic mass is 19.1. The number of pyridine rings is 1. The van der Waals surface area contributed by atoms with Crippen LogP contribution in [0.3, 0.4) is 0 Å². The second kappa shape index (κ2) is 5.75. The van der Waals surface area contributed by atoms with Gasteiger partial charge in [0.15, 0.2) is 0 Å². The summed E-state index contributed by atoms with van der Waals surface area (Å²) < 4.78 is 14.3. The number of hydrogen-bond donors (Lipinski definition) is 1. The summed E-state index contributed by atoms with van der Waals surface area (Å²) in [6.45, 7) is 4.56. The maximum absolute atomic E-state index is 14.3. The Labute approximate surface area is 119 Å². The van der Waals surface area contributed by atoms with E-state index in [2.05, 4.69) is 11.9 Å². The molecule has 0 saturated heterocycles. The van der Waals surface area contributed by atoms with E-state index in [0.29, 0.717) is 18.0 Å². The van der Waals surface area contributed by atoms with Crippen molar-refractivity contribution >= 4 is 16.6 Å². The molecule has 0 saturated carbocycles. The van der Waals surface area contributed by atoms with E-state index in [1.54, 1.807) is 6.07 Å². The number of aromatic nitrogens is 1. The van der Waals surface area contributed by atoms with Crippen molar-refractivity contribution in [2.45, 2.75) is 20.3 Å². The number of aryl methyl sites for hydroxylation is 1. The smallest absolute Gasteiger partial charge is 0.149 e. The average Bonchev–Trinajstić information content (AvgIpc) is 2.38. The van der Waals surface area contributed by atoms with Gasteiger partial charge in [0.2, 0.25) is 0 Å². The van der Waals surface area contributed by atoms with Gasteiger partial charge in [0.1, 0.15) is 11.3 Å². The number of nitrogens with two attached hydrogens (primary N) is 1. The molecule has 0 radical (unpaired) electrons. The van der Waals surface area contributed by atoms with Gasteiger partial charge in [-0.25, -0.2) is 9.37 Å². The molecule has 20 heavy (non-hydrogen) atoms. The summed E-state index contributed by atoms with van der Waals surface area (Å²) in [5, 5.41) is 0.861. The zero-order valence-corrected chi connectivity index (χ0v) is 12.6. The Balaban J connectivity index is 2.62. The summed E-state index contributed by atoms with van der Waals surface area (Å²) in [5.41, 5.74) is 8.89. The van der Waals surface area contributed by atoms with E-state index in [0.717, 1.165) is 28.8 Å². The maximum atomic E-state index is 14.3. The SMILES string of the molecule is Cc1cc(N(C)C)c2cc(CC(C)CN)cc(F)c2n1. The van der Waals surface area contributed by atoms with Crippen LogP contribution < -0.4 is 10.6 Å². The van der Waals surface area contributed by atoms with Gasteiger partial charge in [0, 0.05) is 30.9 Å². The van der Waals surface area contributed by atoms with Crippen LogP contribution in [0.25, 0.3) is 10.9 Å². The molecule has 2 aromatic rings. The Morgan fingerprint density at radius 3 is 2.60 bits per heavy atom. The molecule has 0 spiro atoms. The van der Waals surface area contributed by atoms with Crippen molar-refractivity contribution in [1.29, 1.82) is 0 Å². The molecular formula is C16H22FN3. The summed E-state index contributed by atoms with van der Waals surface area (Å²) in [4.78, 5) is 6.32. The van der Waals surface area contributed by atoms with Gasteiger partial charge in [0.25, 0.3) is 0 Å². The molecular weight excluding hydrogens is 253 g/mol. The third-order valence-electron chi connectivity index (χ3n) is 3.50. The topological polar surface area (TPSA) is 42.1 Å². The first-order valence-corrected chi connectivity index (χ1v) is 6.89. The zero-order valence-electron chi connectivity index (χ0n) is 12.6. The lowest BCUT2D eigenvalue weighted by atomic mass is 9.98. The number of anilines is 1. The van der Waals surface area contributed by atoms with Crippen LogP contribution in [-0.4, -0.2) is 25.6 Å². The van der Waals surface area contributed by atoms with Crippen molar-refractivity contribution in [1.82, 2.24) is 4.98 Å². The lowest BCUT2D eigenvalue weighted by Crippen LogP contribution is -2.14. The first-order valence-electron chi connectivity index (χ1n) is 6.89. The number of halogens is 1. The molecule has 1 aromatic carbocycles. The van der Waals surface area contributed by atoms with Crippen molar-refractivity contribution in [2.24, 2.45) is 11.7 Å². The molecule has 1 heterocycles. The molecule has 2 N–H and O–H groups in total. The van der Waals surface area contributed by atoms with Crippen molar-refractivity contribution in [3.05, 3.63) is 35.3 Å². The molecule has 0 bridgehead atoms. The minimum atomic E-state index is -0.256. The van der Waals surface area contributed by atoms with Crippen LogP contribution in [0.5, 0.6) is 0 Å². The Morgan fingerprint density at radius 2 is 2.00 bits per heavy atom. The van der Waals surface area contributed by atoms with Gasteiger partial charge in [0.05, 0.1) is 0 Å². The van der Waals surface area contributed by atoms with E-state index in [4.69, 9.17) is 5.73 Å². The standard InChI is InChI=1S/C16H22FN3/c1-10(9-18)5-12-7-13-15(20(3)4)6-11(2)19-16(13)14(17)8-12/h6-8,10H,5,9,18H2,1-4H3. The Morgan fingerprint density at radius 1 is 1.30 bits per heavy atom. The van der Waals surface area contributed by atoms with E-state index >= 15 is 0 Å². The lowest BCUT2D eigenvalue weighted by Gasteiger charge is -2.18. The minimum Gasteiger partial charge on any atom is -0.377 e. The van der Waals surface area contributed by atoms with Crippen LogP contribution in [0.2, 0.25) is 0 Å². The van der Waals surface area contributed by atoms with Crippen LogP contribution in [0.1, 0.15) is 18.2 Å². The normalized spacial score (nSPS) is 12.7. The van der Waals surface area contributed by atoms with Crippen LogP contribution in [0.15, 0.2) is 18.2 Å². The highest BCUT2D eigenvalue weighted by molar-refractivity contribution is 5.92. The number of fused-ring (bicyclic) bond motifs is 1. The molecule has 0 amide bonds. The Bertz CT molecular complexity index is 623. The number of rotatable bonds is 4. The van der Waals surface area contributed by atoms with Crippen LogP contribution in [0.4, 0.5) is 10.1 Å². The summed E-state index contributed by atoms with van der Waals surface area (Å²) >= 11 is 0. The summed E-state index contributed by atoms with van der Waals surface area (Å²) in [6.07, 6.45) is 0.782. The van der Waals surface area contributed by atoms with Crippen molar-refractivity contribution in [2.75, 3.05) is 25.5 Å². The van der Waals surface area contributed by atoms with E-state index in [9.17, 15) is 4.39 Å². The first kappa shape index (κ1) is 14.7. The molecule has 1 unspecified atom stereocenters. The second-order valence-corrected chi connectivity index (χ2v) is 5.70. The second-order valence-electron chi connectivity index (χ2n) is 5.70. The van der Waals surface area contributed by atoms with Gasteiger partial charge in [-0.1, -0.05) is 6.92 Å². The molecule has 2 rings (SSSR count). The van der Waals surface area contributed by atoms with Crippen LogP contribution >= 0.6 is 0 Å². The van der Waals surface area contributed by atoms with Gasteiger partial charge in [-0.3, -0.25) is 0 Å². The van der Waals surface area contributed by atoms with Crippen molar-refractivity contribution < 1.29 is 4.39 Å². The number of benzene rings is 1. The van der Waals surface area contributed by atoms with Crippen LogP contribution in [-0.2, 0) is 6.42 Å². The molecule has 3 nitrogen and oxygen atoms in total. The van der Waals surface area contributed by atoms with Gasteiger partial charge in [-0.15, -0.1) is 0 Å². The number of hydrogen-bond acceptors (Lipinski definition) is 3. The summed E-state index contributed by atoms with van der Waals surface area (Å²) in [7, 11) is 3.92. The fourth-order valence-corrected chi connectivity index (χ4v) is 2.42. The molecule has 4 heteroatoms. The van der Waals surface area contributed by atoms with Crippen molar-refractivity contribution in [3.8, 4) is 0 Å². The predicted molar refractivity (Wildman–Crippen MR) is 82.7 cm³/mol. The van der Waals surface area contributed by atoms with Gasteiger partial charge in [-0.2, -0.15) is 0 Å². The van der Waals surface area contributed by atoms with E-state index in [-0.39, 0.29) is 5.82 Å². The molecule has 108 valence electrons. The van der Waals surface area contributed by atoms with Crippen molar-refractivity contribution in [3.63, 3.8) is 0 Å². The van der Waals surface area contributed by atoms with E-state index in [1.165, 1.54) is 0 Å². The Kier molecular flexibility index (Phi) is 4.23. The van der Waals surface area contributed by atoms with Gasteiger partial charge in [-0.05, 0) is 49.6 Å². The summed E-state index contributed by atoms with van der Waals surface area (Å²) in [6, 6.07) is 5.60. The Hall–Kier alpha value is -1.68. The molecule has 0 aliphatic heterocycles. The molecule has 0 aliphatic rings. The fraction of sp³-hybridized carbons (Fsp3) is 0.438. The minimum absolute atomic E-state index is 0.256. The van der Waals surface area contributed by atoms with E-state index < -0.39 is 0 Å². The summed E-state index contributed by atoms with van der Waals surface area (Å²) in [5.74, 6) is 0.0848. The largest absolute Gasteiger partial charge is 0.377 e.